The molecule has 2 amide bonds. The number of aromatic nitrogens is 3. The number of anilines is 1. The summed E-state index contributed by atoms with van der Waals surface area (Å²) in [4.78, 5) is 45.6. The molecule has 1 aromatic carbocycles. The van der Waals surface area contributed by atoms with Crippen molar-refractivity contribution in [3.63, 3.8) is 0 Å². The van der Waals surface area contributed by atoms with Gasteiger partial charge in [-0.3, -0.25) is 25.0 Å². The van der Waals surface area contributed by atoms with Crippen molar-refractivity contribution in [2.45, 2.75) is 47.2 Å². The largest absolute Gasteiger partial charge is 0.450 e. The number of carbonyl (C=O) groups is 2. The molecule has 0 spiro atoms. The second kappa shape index (κ2) is 13.2. The van der Waals surface area contributed by atoms with Gasteiger partial charge in [0, 0.05) is 54.9 Å². The van der Waals surface area contributed by atoms with E-state index in [1.165, 1.54) is 0 Å². The normalized spacial score (nSPS) is 15.2. The first-order valence-electron chi connectivity index (χ1n) is 13.6. The topological polar surface area (TPSA) is 116 Å². The predicted molar refractivity (Wildman–Crippen MR) is 158 cm³/mol. The lowest BCUT2D eigenvalue weighted by Crippen LogP contribution is -2.52. The maximum Gasteiger partial charge on any atom is 0.413 e. The summed E-state index contributed by atoms with van der Waals surface area (Å²) in [7, 11) is 0. The molecule has 1 fully saturated rings. The molecule has 0 aliphatic carbocycles. The number of carbonyl (C=O) groups excluding carboxylic acids is 2. The number of hydrogen-bond acceptors (Lipinski definition) is 7. The van der Waals surface area contributed by atoms with Crippen molar-refractivity contribution in [3.8, 4) is 11.1 Å². The van der Waals surface area contributed by atoms with E-state index in [2.05, 4.69) is 25.2 Å². The van der Waals surface area contributed by atoms with Crippen LogP contribution in [0, 0.1) is 0 Å². The van der Waals surface area contributed by atoms with Gasteiger partial charge in [-0.1, -0.05) is 18.2 Å². The van der Waals surface area contributed by atoms with E-state index in [0.717, 1.165) is 46.7 Å². The summed E-state index contributed by atoms with van der Waals surface area (Å²) in [5.74, 6) is 0.456. The molecule has 3 heterocycles. The summed E-state index contributed by atoms with van der Waals surface area (Å²) < 4.78 is 4.99. The minimum Gasteiger partial charge on any atom is -0.450 e. The number of nitrogens with one attached hydrogen (secondary N) is 2. The maximum absolute atomic E-state index is 12.5. The van der Waals surface area contributed by atoms with Crippen molar-refractivity contribution in [1.82, 2.24) is 24.8 Å². The van der Waals surface area contributed by atoms with E-state index in [9.17, 15) is 9.59 Å². The lowest BCUT2D eigenvalue weighted by Gasteiger charge is -2.36. The second-order valence-corrected chi connectivity index (χ2v) is 9.86. The zero-order valence-corrected chi connectivity index (χ0v) is 23.8. The highest BCUT2D eigenvalue weighted by Crippen LogP contribution is 2.28. The zero-order valence-electron chi connectivity index (χ0n) is 23.8. The minimum absolute atomic E-state index is 0.160. The van der Waals surface area contributed by atoms with Gasteiger partial charge >= 0.3 is 6.09 Å². The Morgan fingerprint density at radius 2 is 2.05 bits per heavy atom. The lowest BCUT2D eigenvalue weighted by molar-refractivity contribution is -0.138. The number of piperazine rings is 1. The first-order valence-corrected chi connectivity index (χ1v) is 13.6. The molecule has 1 saturated heterocycles. The molecule has 40 heavy (non-hydrogen) atoms. The van der Waals surface area contributed by atoms with E-state index >= 15 is 0 Å². The van der Waals surface area contributed by atoms with E-state index in [4.69, 9.17) is 9.72 Å². The smallest absolute Gasteiger partial charge is 0.413 e. The number of aliphatic imine (C=N–C) groups is 1. The Labute approximate surface area is 234 Å². The summed E-state index contributed by atoms with van der Waals surface area (Å²) in [6.45, 7) is 12.6. The van der Waals surface area contributed by atoms with Gasteiger partial charge in [-0.15, -0.1) is 0 Å². The molecule has 2 N–H and O–H groups in total. The number of aromatic amines is 1. The summed E-state index contributed by atoms with van der Waals surface area (Å²) in [6.07, 6.45) is 8.71. The van der Waals surface area contributed by atoms with Gasteiger partial charge in [0.25, 0.3) is 0 Å². The van der Waals surface area contributed by atoms with Crippen LogP contribution < -0.4 is 5.32 Å². The quantitative estimate of drug-likeness (QED) is 0.285. The Morgan fingerprint density at radius 1 is 1.23 bits per heavy atom. The fraction of sp³-hybridized carbons (Fsp3) is 0.367. The van der Waals surface area contributed by atoms with Crippen LogP contribution in [0.4, 0.5) is 10.7 Å². The van der Waals surface area contributed by atoms with Gasteiger partial charge < -0.3 is 14.6 Å². The molecule has 0 bridgehead atoms. The van der Waals surface area contributed by atoms with Crippen LogP contribution in [0.15, 0.2) is 59.9 Å². The number of ether oxygens (including phenoxy) is 1. The van der Waals surface area contributed by atoms with E-state index in [1.807, 2.05) is 81.3 Å². The predicted octanol–water partition coefficient (Wildman–Crippen LogP) is 5.14. The van der Waals surface area contributed by atoms with Gasteiger partial charge in [0.15, 0.2) is 0 Å². The van der Waals surface area contributed by atoms with Crippen molar-refractivity contribution in [2.75, 3.05) is 31.6 Å². The molecule has 3 aromatic rings. The zero-order chi connectivity index (χ0) is 28.6. The van der Waals surface area contributed by atoms with Crippen LogP contribution >= 0.6 is 0 Å². The lowest BCUT2D eigenvalue weighted by atomic mass is 10.0. The molecule has 0 unspecified atom stereocenters. The number of H-pyrrole nitrogens is 1. The van der Waals surface area contributed by atoms with Crippen LogP contribution in [0.1, 0.15) is 45.9 Å². The SMILES string of the molecule is CC=C/C=C\N=C(C)c1cc(-c2ccc(CN3CCN(C(C)C)C(=O)C3)nc2)cc2[nH]c(NC(=O)OCC)nc12. The van der Waals surface area contributed by atoms with E-state index in [-0.39, 0.29) is 18.6 Å². The molecule has 1 aliphatic heterocycles. The number of pyridine rings is 1. The van der Waals surface area contributed by atoms with Gasteiger partial charge in [-0.2, -0.15) is 0 Å². The Morgan fingerprint density at radius 3 is 2.73 bits per heavy atom. The van der Waals surface area contributed by atoms with E-state index < -0.39 is 6.09 Å². The fourth-order valence-electron chi connectivity index (χ4n) is 4.60. The van der Waals surface area contributed by atoms with Crippen molar-refractivity contribution in [1.29, 1.82) is 0 Å². The van der Waals surface area contributed by atoms with Crippen LogP contribution in [0.25, 0.3) is 22.2 Å². The third-order valence-corrected chi connectivity index (χ3v) is 6.63. The van der Waals surface area contributed by atoms with E-state index in [1.54, 1.807) is 13.1 Å². The third kappa shape index (κ3) is 7.01. The average Bonchev–Trinajstić information content (AvgIpc) is 3.33. The number of allylic oxidation sites excluding steroid dienone is 3. The molecule has 0 radical (unpaired) electrons. The number of amides is 2. The molecular weight excluding hydrogens is 506 g/mol. The van der Waals surface area contributed by atoms with Gasteiger partial charge in [0.2, 0.25) is 11.9 Å². The summed E-state index contributed by atoms with van der Waals surface area (Å²) in [6, 6.07) is 8.26. The minimum atomic E-state index is -0.574. The Kier molecular flexibility index (Phi) is 9.44. The molecule has 0 saturated carbocycles. The van der Waals surface area contributed by atoms with Crippen LogP contribution in [0.2, 0.25) is 0 Å². The van der Waals surface area contributed by atoms with Crippen molar-refractivity contribution >= 4 is 34.7 Å². The number of imidazole rings is 1. The second-order valence-electron chi connectivity index (χ2n) is 9.86. The molecule has 1 aliphatic rings. The van der Waals surface area contributed by atoms with Crippen molar-refractivity contribution in [2.24, 2.45) is 4.99 Å². The summed E-state index contributed by atoms with van der Waals surface area (Å²) >= 11 is 0. The van der Waals surface area contributed by atoms with Gasteiger partial charge in [0.1, 0.15) is 0 Å². The molecule has 10 nitrogen and oxygen atoms in total. The summed E-state index contributed by atoms with van der Waals surface area (Å²) in [5.41, 5.74) is 5.81. The van der Waals surface area contributed by atoms with Crippen LogP contribution in [-0.2, 0) is 16.1 Å². The highest BCUT2D eigenvalue weighted by molar-refractivity contribution is 6.10. The Balaban J connectivity index is 1.61. The van der Waals surface area contributed by atoms with Gasteiger partial charge in [-0.25, -0.2) is 9.78 Å². The van der Waals surface area contributed by atoms with Crippen molar-refractivity contribution < 1.29 is 14.3 Å². The molecular formula is C30H37N7O3. The number of fused-ring (bicyclic) bond motifs is 1. The Hall–Kier alpha value is -4.31. The fourth-order valence-corrected chi connectivity index (χ4v) is 4.60. The molecule has 0 atom stereocenters. The molecule has 10 heteroatoms. The number of nitrogens with zero attached hydrogens (tertiary/aromatic N) is 5. The Bertz CT molecular complexity index is 1440. The third-order valence-electron chi connectivity index (χ3n) is 6.63. The molecule has 210 valence electrons. The standard InChI is InChI=1S/C30H37N7O3/c1-6-8-9-12-31-21(5)25-15-23(16-26-28(25)34-29(33-26)35-30(39)40-7-2)22-10-11-24(32-17-22)18-36-13-14-37(20(3)4)27(38)19-36/h6,8-12,15-17,20H,7,13-14,18-19H2,1-5H3,(H2,33,34,35,39)/b8-6?,12-9-,31-21?. The summed E-state index contributed by atoms with van der Waals surface area (Å²) in [5, 5.41) is 2.64. The van der Waals surface area contributed by atoms with Crippen LogP contribution in [-0.4, -0.2) is 74.7 Å². The molecule has 4 rings (SSSR count). The maximum atomic E-state index is 12.5. The highest BCUT2D eigenvalue weighted by Gasteiger charge is 2.25. The van der Waals surface area contributed by atoms with Crippen molar-refractivity contribution in [3.05, 3.63) is 66.1 Å². The monoisotopic (exact) mass is 543 g/mol. The van der Waals surface area contributed by atoms with Gasteiger partial charge in [0.05, 0.1) is 29.9 Å². The first-order chi connectivity index (χ1) is 19.3. The number of benzene rings is 1. The number of rotatable bonds is 9. The number of hydrogen-bond donors (Lipinski definition) is 2. The van der Waals surface area contributed by atoms with E-state index in [0.29, 0.717) is 24.6 Å². The van der Waals surface area contributed by atoms with Gasteiger partial charge in [-0.05, 0) is 64.5 Å². The highest BCUT2D eigenvalue weighted by atomic mass is 16.5. The van der Waals surface area contributed by atoms with Crippen LogP contribution in [0.5, 0.6) is 0 Å². The average molecular weight is 544 g/mol. The molecule has 2 aromatic heterocycles. The first kappa shape index (κ1) is 28.7. The van der Waals surface area contributed by atoms with Crippen LogP contribution in [0.3, 0.4) is 0 Å².